The van der Waals surface area contributed by atoms with Gasteiger partial charge in [-0.15, -0.1) is 0 Å². The van der Waals surface area contributed by atoms with Gasteiger partial charge in [0.2, 0.25) is 0 Å². The maximum absolute atomic E-state index is 12.3. The molecule has 0 bridgehead atoms. The Labute approximate surface area is 122 Å². The number of aromatic nitrogens is 1. The first-order valence-corrected chi connectivity index (χ1v) is 6.97. The van der Waals surface area contributed by atoms with E-state index in [1.54, 1.807) is 18.2 Å². The van der Waals surface area contributed by atoms with Crippen molar-refractivity contribution in [1.29, 1.82) is 0 Å². The second-order valence-corrected chi connectivity index (χ2v) is 5.22. The molecular weight excluding hydrogens is 268 g/mol. The maximum atomic E-state index is 12.3. The number of carbonyl (C=O) groups excluding carboxylic acids is 1. The number of carbonyl (C=O) groups is 2. The van der Waals surface area contributed by atoms with E-state index >= 15 is 0 Å². The van der Waals surface area contributed by atoms with E-state index in [9.17, 15) is 9.59 Å². The van der Waals surface area contributed by atoms with Crippen molar-refractivity contribution in [3.05, 3.63) is 53.9 Å². The van der Waals surface area contributed by atoms with Crippen molar-refractivity contribution in [2.24, 2.45) is 0 Å². The number of hydrogen-bond donors (Lipinski definition) is 2. The second-order valence-electron chi connectivity index (χ2n) is 5.22. The fraction of sp³-hybridized carbons (Fsp3) is 0.250. The van der Waals surface area contributed by atoms with Crippen LogP contribution in [0.1, 0.15) is 46.2 Å². The molecule has 1 aliphatic carbocycles. The number of anilines is 1. The molecule has 1 amide bonds. The van der Waals surface area contributed by atoms with Crippen LogP contribution in [0.3, 0.4) is 0 Å². The van der Waals surface area contributed by atoms with Gasteiger partial charge in [-0.3, -0.25) is 4.79 Å². The Hall–Kier alpha value is -2.56. The number of carboxylic acid groups (broad SMARTS) is 1. The summed E-state index contributed by atoms with van der Waals surface area (Å²) in [7, 11) is 0. The molecule has 21 heavy (non-hydrogen) atoms. The molecule has 0 radical (unpaired) electrons. The number of hydrogen-bond acceptors (Lipinski definition) is 2. The SMILES string of the molecule is O=C(O)c1ccc(NC(=O)c2cccn2C2CCC2)cc1. The van der Waals surface area contributed by atoms with Crippen molar-refractivity contribution in [1.82, 2.24) is 4.57 Å². The monoisotopic (exact) mass is 284 g/mol. The molecule has 0 atom stereocenters. The molecule has 5 heteroatoms. The Kier molecular flexibility index (Phi) is 3.48. The average Bonchev–Trinajstić information content (AvgIpc) is 2.86. The lowest BCUT2D eigenvalue weighted by molar-refractivity contribution is 0.0696. The van der Waals surface area contributed by atoms with E-state index in [0.717, 1.165) is 12.8 Å². The number of rotatable bonds is 4. The average molecular weight is 284 g/mol. The standard InChI is InChI=1S/C16H16N2O3/c19-15(14-5-2-10-18(14)13-3-1-4-13)17-12-8-6-11(7-9-12)16(20)21/h2,5-10,13H,1,3-4H2,(H,17,19)(H,20,21). The lowest BCUT2D eigenvalue weighted by atomic mass is 9.93. The summed E-state index contributed by atoms with van der Waals surface area (Å²) >= 11 is 0. The van der Waals surface area contributed by atoms with E-state index in [0.29, 0.717) is 17.4 Å². The van der Waals surface area contributed by atoms with E-state index in [2.05, 4.69) is 5.32 Å². The van der Waals surface area contributed by atoms with E-state index in [1.807, 2.05) is 16.8 Å². The molecule has 0 saturated heterocycles. The largest absolute Gasteiger partial charge is 0.478 e. The summed E-state index contributed by atoms with van der Waals surface area (Å²) in [5.74, 6) is -1.15. The second kappa shape index (κ2) is 5.44. The lowest BCUT2D eigenvalue weighted by Gasteiger charge is -2.28. The van der Waals surface area contributed by atoms with Gasteiger partial charge in [0.25, 0.3) is 5.91 Å². The van der Waals surface area contributed by atoms with Gasteiger partial charge in [-0.1, -0.05) is 0 Å². The van der Waals surface area contributed by atoms with Crippen LogP contribution in [-0.2, 0) is 0 Å². The zero-order valence-corrected chi connectivity index (χ0v) is 11.5. The molecule has 1 heterocycles. The van der Waals surface area contributed by atoms with Crippen LogP contribution < -0.4 is 5.32 Å². The van der Waals surface area contributed by atoms with Gasteiger partial charge < -0.3 is 15.0 Å². The van der Waals surface area contributed by atoms with Crippen LogP contribution >= 0.6 is 0 Å². The lowest BCUT2D eigenvalue weighted by Crippen LogP contribution is -2.23. The number of nitrogens with zero attached hydrogens (tertiary/aromatic N) is 1. The molecule has 2 N–H and O–H groups in total. The van der Waals surface area contributed by atoms with Crippen LogP contribution in [0.15, 0.2) is 42.6 Å². The van der Waals surface area contributed by atoms with Gasteiger partial charge >= 0.3 is 5.97 Å². The summed E-state index contributed by atoms with van der Waals surface area (Å²) in [6.45, 7) is 0. The van der Waals surface area contributed by atoms with E-state index < -0.39 is 5.97 Å². The molecular formula is C16H16N2O3. The molecule has 3 rings (SSSR count). The highest BCUT2D eigenvalue weighted by Crippen LogP contribution is 2.32. The molecule has 0 aliphatic heterocycles. The molecule has 1 aliphatic rings. The molecule has 1 fully saturated rings. The topological polar surface area (TPSA) is 71.3 Å². The van der Waals surface area contributed by atoms with Gasteiger partial charge in [-0.05, 0) is 55.7 Å². The number of aromatic carboxylic acids is 1. The third kappa shape index (κ3) is 2.67. The number of carboxylic acids is 1. The molecule has 1 aromatic carbocycles. The quantitative estimate of drug-likeness (QED) is 0.905. The predicted octanol–water partition coefficient (Wildman–Crippen LogP) is 3.16. The molecule has 108 valence electrons. The first kappa shape index (κ1) is 13.4. The van der Waals surface area contributed by atoms with Crippen LogP contribution in [0.5, 0.6) is 0 Å². The predicted molar refractivity (Wildman–Crippen MR) is 78.7 cm³/mol. The summed E-state index contributed by atoms with van der Waals surface area (Å²) in [4.78, 5) is 23.1. The van der Waals surface area contributed by atoms with Crippen molar-refractivity contribution in [3.63, 3.8) is 0 Å². The molecule has 1 aromatic heterocycles. The molecule has 5 nitrogen and oxygen atoms in total. The van der Waals surface area contributed by atoms with E-state index in [4.69, 9.17) is 5.11 Å². The minimum atomic E-state index is -0.980. The Morgan fingerprint density at radius 2 is 1.86 bits per heavy atom. The molecule has 2 aromatic rings. The zero-order valence-electron chi connectivity index (χ0n) is 11.5. The minimum Gasteiger partial charge on any atom is -0.478 e. The summed E-state index contributed by atoms with van der Waals surface area (Å²) in [6.07, 6.45) is 5.37. The van der Waals surface area contributed by atoms with Crippen LogP contribution in [0.2, 0.25) is 0 Å². The van der Waals surface area contributed by atoms with Crippen LogP contribution in [0, 0.1) is 0 Å². The molecule has 1 saturated carbocycles. The number of amides is 1. The van der Waals surface area contributed by atoms with Gasteiger partial charge in [0, 0.05) is 17.9 Å². The Balaban J connectivity index is 1.74. The normalized spacial score (nSPS) is 14.5. The van der Waals surface area contributed by atoms with Crippen molar-refractivity contribution in [2.45, 2.75) is 25.3 Å². The molecule has 0 spiro atoms. The van der Waals surface area contributed by atoms with Crippen molar-refractivity contribution < 1.29 is 14.7 Å². The van der Waals surface area contributed by atoms with Crippen molar-refractivity contribution >= 4 is 17.6 Å². The van der Waals surface area contributed by atoms with Crippen LogP contribution in [0.25, 0.3) is 0 Å². The van der Waals surface area contributed by atoms with Crippen LogP contribution in [0.4, 0.5) is 5.69 Å². The fourth-order valence-electron chi connectivity index (χ4n) is 2.46. The summed E-state index contributed by atoms with van der Waals surface area (Å²) in [5.41, 5.74) is 1.43. The van der Waals surface area contributed by atoms with Gasteiger partial charge in [-0.2, -0.15) is 0 Å². The maximum Gasteiger partial charge on any atom is 0.335 e. The fourth-order valence-corrected chi connectivity index (χ4v) is 2.46. The third-order valence-electron chi connectivity index (χ3n) is 3.87. The first-order valence-electron chi connectivity index (χ1n) is 6.97. The van der Waals surface area contributed by atoms with Gasteiger partial charge in [0.05, 0.1) is 5.56 Å². The van der Waals surface area contributed by atoms with Gasteiger partial charge in [0.15, 0.2) is 0 Å². The van der Waals surface area contributed by atoms with Gasteiger partial charge in [0.1, 0.15) is 5.69 Å². The molecule has 0 unspecified atom stereocenters. The van der Waals surface area contributed by atoms with Crippen molar-refractivity contribution in [3.8, 4) is 0 Å². The third-order valence-corrected chi connectivity index (χ3v) is 3.87. The Morgan fingerprint density at radius 3 is 2.43 bits per heavy atom. The minimum absolute atomic E-state index is 0.171. The Bertz CT molecular complexity index is 669. The van der Waals surface area contributed by atoms with Crippen LogP contribution in [-0.4, -0.2) is 21.6 Å². The highest BCUT2D eigenvalue weighted by Gasteiger charge is 2.23. The van der Waals surface area contributed by atoms with Gasteiger partial charge in [-0.25, -0.2) is 4.79 Å². The zero-order chi connectivity index (χ0) is 14.8. The Morgan fingerprint density at radius 1 is 1.14 bits per heavy atom. The first-order chi connectivity index (χ1) is 10.1. The number of benzene rings is 1. The summed E-state index contributed by atoms with van der Waals surface area (Å²) in [6, 6.07) is 10.2. The highest BCUT2D eigenvalue weighted by atomic mass is 16.4. The van der Waals surface area contributed by atoms with E-state index in [-0.39, 0.29) is 11.5 Å². The van der Waals surface area contributed by atoms with Crippen molar-refractivity contribution in [2.75, 3.05) is 5.32 Å². The highest BCUT2D eigenvalue weighted by molar-refractivity contribution is 6.03. The smallest absolute Gasteiger partial charge is 0.335 e. The van der Waals surface area contributed by atoms with E-state index in [1.165, 1.54) is 18.6 Å². The summed E-state index contributed by atoms with van der Waals surface area (Å²) < 4.78 is 2.02. The summed E-state index contributed by atoms with van der Waals surface area (Å²) in [5, 5.41) is 11.6. The number of nitrogens with one attached hydrogen (secondary N) is 1.